The van der Waals surface area contributed by atoms with Crippen LogP contribution in [0.25, 0.3) is 0 Å². The minimum atomic E-state index is -0.351. The van der Waals surface area contributed by atoms with Gasteiger partial charge in [-0.3, -0.25) is 4.79 Å². The molecule has 1 fully saturated rings. The number of aliphatic hydroxyl groups is 1. The Balaban J connectivity index is 1.28. The number of carbonyl (C=O) groups is 1. The zero-order chi connectivity index (χ0) is 22.9. The van der Waals surface area contributed by atoms with Crippen molar-refractivity contribution in [2.75, 3.05) is 23.7 Å². The molecule has 33 heavy (non-hydrogen) atoms. The van der Waals surface area contributed by atoms with Gasteiger partial charge in [0.25, 0.3) is 5.56 Å². The van der Waals surface area contributed by atoms with E-state index in [4.69, 9.17) is 9.52 Å². The van der Waals surface area contributed by atoms with Crippen molar-refractivity contribution in [3.63, 3.8) is 0 Å². The number of hydrogen-bond donors (Lipinski definition) is 3. The minimum Gasteiger partial charge on any atom is -0.462 e. The van der Waals surface area contributed by atoms with Crippen LogP contribution in [0.3, 0.4) is 0 Å². The van der Waals surface area contributed by atoms with Crippen molar-refractivity contribution in [3.05, 3.63) is 81.9 Å². The molecule has 3 aromatic rings. The number of hydrogen-bond acceptors (Lipinski definition) is 5. The van der Waals surface area contributed by atoms with Gasteiger partial charge in [-0.2, -0.15) is 0 Å². The number of furan rings is 1. The Morgan fingerprint density at radius 2 is 1.85 bits per heavy atom. The van der Waals surface area contributed by atoms with E-state index < -0.39 is 0 Å². The van der Waals surface area contributed by atoms with Crippen LogP contribution in [-0.4, -0.2) is 33.7 Å². The number of nitrogens with one attached hydrogen (secondary N) is 2. The Hall–Kier alpha value is -3.59. The molecular formula is C24H25FN4O4. The molecular weight excluding hydrogens is 427 g/mol. The molecule has 0 unspecified atom stereocenters. The maximum absolute atomic E-state index is 13.1. The summed E-state index contributed by atoms with van der Waals surface area (Å²) in [5.74, 6) is 1.03. The Labute approximate surface area is 189 Å². The number of aliphatic hydroxyl groups excluding tert-OH is 1. The monoisotopic (exact) mass is 452 g/mol. The Kier molecular flexibility index (Phi) is 5.63. The second-order valence-corrected chi connectivity index (χ2v) is 8.61. The Morgan fingerprint density at radius 1 is 1.06 bits per heavy atom. The highest BCUT2D eigenvalue weighted by molar-refractivity contribution is 5.89. The molecule has 8 nitrogen and oxygen atoms in total. The second-order valence-electron chi connectivity index (χ2n) is 8.61. The lowest BCUT2D eigenvalue weighted by Gasteiger charge is -2.42. The first kappa shape index (κ1) is 21.3. The smallest absolute Gasteiger partial charge is 0.321 e. The fourth-order valence-electron chi connectivity index (χ4n) is 4.77. The van der Waals surface area contributed by atoms with E-state index in [1.54, 1.807) is 23.1 Å². The number of nitrogens with zero attached hydrogens (tertiary/aromatic N) is 2. The standard InChI is InChI=1S/C24H25FN4O4/c25-17-1-3-18(4-2-17)27-24(32)28-11-15-9-16(13-28)22-8-7-21(23(31)29(22)12-15)26-10-19-5-6-20(14-30)33-19/h1-8,15-16,26,30H,9-14H2,(H,27,32)/t15-,16+/m0/s1. The summed E-state index contributed by atoms with van der Waals surface area (Å²) >= 11 is 0. The third kappa shape index (κ3) is 4.36. The van der Waals surface area contributed by atoms with Crippen LogP contribution in [0.2, 0.25) is 0 Å². The predicted molar refractivity (Wildman–Crippen MR) is 120 cm³/mol. The van der Waals surface area contributed by atoms with Crippen LogP contribution in [0.15, 0.2) is 57.7 Å². The van der Waals surface area contributed by atoms with E-state index in [9.17, 15) is 14.0 Å². The molecule has 0 spiro atoms. The molecule has 2 aliphatic rings. The topological polar surface area (TPSA) is 99.7 Å². The Morgan fingerprint density at radius 3 is 2.61 bits per heavy atom. The van der Waals surface area contributed by atoms with E-state index in [1.165, 1.54) is 24.3 Å². The normalized spacial score (nSPS) is 19.2. The van der Waals surface area contributed by atoms with Gasteiger partial charge >= 0.3 is 6.03 Å². The molecule has 0 radical (unpaired) electrons. The zero-order valence-corrected chi connectivity index (χ0v) is 18.0. The van der Waals surface area contributed by atoms with E-state index in [0.717, 1.165) is 12.1 Å². The molecule has 5 rings (SSSR count). The number of benzene rings is 1. The van der Waals surface area contributed by atoms with E-state index in [0.29, 0.717) is 49.1 Å². The lowest BCUT2D eigenvalue weighted by molar-refractivity contribution is 0.139. The molecule has 1 saturated heterocycles. The highest BCUT2D eigenvalue weighted by atomic mass is 19.1. The lowest BCUT2D eigenvalue weighted by Crippen LogP contribution is -2.50. The van der Waals surface area contributed by atoms with Gasteiger partial charge in [0.05, 0.1) is 6.54 Å². The van der Waals surface area contributed by atoms with Crippen molar-refractivity contribution < 1.29 is 18.7 Å². The summed E-state index contributed by atoms with van der Waals surface area (Å²) in [4.78, 5) is 27.7. The van der Waals surface area contributed by atoms with Crippen LogP contribution in [-0.2, 0) is 19.7 Å². The van der Waals surface area contributed by atoms with E-state index in [-0.39, 0.29) is 35.9 Å². The number of urea groups is 1. The third-order valence-electron chi connectivity index (χ3n) is 6.31. The second kappa shape index (κ2) is 8.74. The van der Waals surface area contributed by atoms with Gasteiger partial charge in [0.1, 0.15) is 29.6 Å². The molecule has 172 valence electrons. The van der Waals surface area contributed by atoms with Crippen molar-refractivity contribution in [1.82, 2.24) is 9.47 Å². The van der Waals surface area contributed by atoms with Crippen LogP contribution in [0.1, 0.15) is 29.6 Å². The molecule has 1 aromatic carbocycles. The summed E-state index contributed by atoms with van der Waals surface area (Å²) in [6.07, 6.45) is 0.933. The molecule has 2 bridgehead atoms. The summed E-state index contributed by atoms with van der Waals surface area (Å²) in [6.45, 7) is 1.81. The molecule has 2 aliphatic heterocycles. The number of amides is 2. The van der Waals surface area contributed by atoms with Gasteiger partial charge in [0, 0.05) is 36.9 Å². The van der Waals surface area contributed by atoms with Crippen molar-refractivity contribution >= 4 is 17.4 Å². The van der Waals surface area contributed by atoms with Gasteiger partial charge in [-0.05, 0) is 60.9 Å². The average molecular weight is 452 g/mol. The zero-order valence-electron chi connectivity index (χ0n) is 18.0. The lowest BCUT2D eigenvalue weighted by atomic mass is 9.83. The van der Waals surface area contributed by atoms with Crippen molar-refractivity contribution in [1.29, 1.82) is 0 Å². The number of anilines is 2. The van der Waals surface area contributed by atoms with Gasteiger partial charge in [0.2, 0.25) is 0 Å². The summed E-state index contributed by atoms with van der Waals surface area (Å²) in [5.41, 5.74) is 1.89. The van der Waals surface area contributed by atoms with Crippen molar-refractivity contribution in [2.24, 2.45) is 5.92 Å². The van der Waals surface area contributed by atoms with E-state index in [2.05, 4.69) is 10.6 Å². The summed E-state index contributed by atoms with van der Waals surface area (Å²) in [6, 6.07) is 12.7. The molecule has 9 heteroatoms. The molecule has 2 aromatic heterocycles. The molecule has 0 saturated carbocycles. The summed E-state index contributed by atoms with van der Waals surface area (Å²) in [7, 11) is 0. The maximum Gasteiger partial charge on any atom is 0.321 e. The molecule has 0 aliphatic carbocycles. The number of aromatic nitrogens is 1. The van der Waals surface area contributed by atoms with Crippen LogP contribution in [0, 0.1) is 11.7 Å². The van der Waals surface area contributed by atoms with Gasteiger partial charge in [-0.15, -0.1) is 0 Å². The van der Waals surface area contributed by atoms with Crippen molar-refractivity contribution in [2.45, 2.75) is 32.0 Å². The van der Waals surface area contributed by atoms with Gasteiger partial charge in [-0.1, -0.05) is 0 Å². The number of pyridine rings is 1. The quantitative estimate of drug-likeness (QED) is 0.552. The van der Waals surface area contributed by atoms with Gasteiger partial charge in [-0.25, -0.2) is 9.18 Å². The fraction of sp³-hybridized carbons (Fsp3) is 0.333. The predicted octanol–water partition coefficient (Wildman–Crippen LogP) is 3.34. The number of fused-ring (bicyclic) bond motifs is 4. The van der Waals surface area contributed by atoms with Crippen LogP contribution in [0.5, 0.6) is 0 Å². The number of carbonyl (C=O) groups excluding carboxylic acids is 1. The maximum atomic E-state index is 13.1. The highest BCUT2D eigenvalue weighted by Crippen LogP contribution is 2.35. The first-order valence-electron chi connectivity index (χ1n) is 11.0. The van der Waals surface area contributed by atoms with E-state index in [1.807, 2.05) is 10.6 Å². The number of likely N-dealkylation sites (tertiary alicyclic amines) is 1. The SMILES string of the molecule is O=C(Nc1ccc(F)cc1)N1C[C@@H]2C[C@H](C1)c1ccc(NCc3ccc(CO)o3)c(=O)n1C2. The average Bonchev–Trinajstić information content (AvgIpc) is 3.28. The van der Waals surface area contributed by atoms with Crippen LogP contribution >= 0.6 is 0 Å². The summed E-state index contributed by atoms with van der Waals surface area (Å²) in [5, 5.41) is 15.1. The summed E-state index contributed by atoms with van der Waals surface area (Å²) < 4.78 is 20.4. The number of rotatable bonds is 5. The minimum absolute atomic E-state index is 0.0791. The highest BCUT2D eigenvalue weighted by Gasteiger charge is 2.36. The van der Waals surface area contributed by atoms with Gasteiger partial charge < -0.3 is 29.6 Å². The molecule has 2 atom stereocenters. The molecule has 3 N–H and O–H groups in total. The van der Waals surface area contributed by atoms with Crippen LogP contribution < -0.4 is 16.2 Å². The molecule has 4 heterocycles. The van der Waals surface area contributed by atoms with Crippen LogP contribution in [0.4, 0.5) is 20.6 Å². The molecule has 2 amide bonds. The van der Waals surface area contributed by atoms with Gasteiger partial charge in [0.15, 0.2) is 0 Å². The number of piperidine rings is 1. The fourth-order valence-corrected chi connectivity index (χ4v) is 4.77. The van der Waals surface area contributed by atoms with Crippen molar-refractivity contribution in [3.8, 4) is 0 Å². The first-order valence-corrected chi connectivity index (χ1v) is 11.0. The largest absolute Gasteiger partial charge is 0.462 e. The third-order valence-corrected chi connectivity index (χ3v) is 6.31. The van der Waals surface area contributed by atoms with E-state index >= 15 is 0 Å². The first-order chi connectivity index (χ1) is 16.0. The Bertz CT molecular complexity index is 1220. The number of halogens is 1.